The standard InChI is InChI=1S/C55H63F3N10O7/c1-3-39-42(56)8-6-35-26-38(69)28-40(46(35)39)48-47(58)49-41(29-59-48)50(66-17-4-14-54(2,73)32-66)62-51(61-49)75-33-55-15-5-18-68(55)37(10-16-55)31-74-53(72)65-24-22-63(23-25-65)30-34-11-19-64(20-12-34)44-9-7-36(27-43(44)57)67-21-13-45(70)60-52(67)71/h6-9,13,21,26-29,34,37,69,73H,3-5,10-12,14-20,22-25,30-33H2,1-2H3,(H,60,70,71)/t37?,54-,55?/m1/s1. The first kappa shape index (κ1) is 50.4. The third kappa shape index (κ3) is 9.99. The van der Waals surface area contributed by atoms with E-state index in [0.29, 0.717) is 96.8 Å². The van der Waals surface area contributed by atoms with Crippen molar-refractivity contribution in [3.05, 3.63) is 105 Å². The number of carbonyl (C=O) groups is 1. The third-order valence-electron chi connectivity index (χ3n) is 16.4. The molecule has 5 saturated heterocycles. The molecule has 1 amide bonds. The first-order valence-corrected chi connectivity index (χ1v) is 26.3. The Kier molecular flexibility index (Phi) is 13.7. The molecule has 2 unspecified atom stereocenters. The second-order valence-corrected chi connectivity index (χ2v) is 21.4. The first-order valence-electron chi connectivity index (χ1n) is 26.3. The lowest BCUT2D eigenvalue weighted by molar-refractivity contribution is 0.0352. The van der Waals surface area contributed by atoms with Crippen LogP contribution in [0, 0.1) is 23.4 Å². The van der Waals surface area contributed by atoms with Crippen LogP contribution in [0.25, 0.3) is 38.6 Å². The molecule has 8 heterocycles. The van der Waals surface area contributed by atoms with Crippen LogP contribution in [0.4, 0.5) is 29.5 Å². The number of hydrogen-bond donors (Lipinski definition) is 3. The first-order chi connectivity index (χ1) is 36.2. The molecule has 17 nitrogen and oxygen atoms in total. The van der Waals surface area contributed by atoms with Crippen LogP contribution in [0.1, 0.15) is 70.8 Å². The van der Waals surface area contributed by atoms with Gasteiger partial charge in [-0.25, -0.2) is 22.8 Å². The Bertz CT molecular complexity index is 3270. The van der Waals surface area contributed by atoms with E-state index in [1.54, 1.807) is 30.0 Å². The third-order valence-corrected chi connectivity index (χ3v) is 16.4. The number of piperazine rings is 1. The molecule has 6 aromatic rings. The maximum absolute atomic E-state index is 17.2. The summed E-state index contributed by atoms with van der Waals surface area (Å²) in [5.74, 6) is -0.931. The van der Waals surface area contributed by atoms with Crippen molar-refractivity contribution in [2.75, 3.05) is 88.5 Å². The summed E-state index contributed by atoms with van der Waals surface area (Å²) in [5, 5.41) is 23.2. The van der Waals surface area contributed by atoms with E-state index in [4.69, 9.17) is 14.5 Å². The van der Waals surface area contributed by atoms with Gasteiger partial charge in [-0.2, -0.15) is 9.97 Å². The maximum atomic E-state index is 17.2. The number of pyridine rings is 1. The van der Waals surface area contributed by atoms with Gasteiger partial charge in [-0.1, -0.05) is 13.0 Å². The number of piperidine rings is 2. The van der Waals surface area contributed by atoms with Crippen LogP contribution in [-0.2, 0) is 11.2 Å². The quantitative estimate of drug-likeness (QED) is 0.117. The molecule has 75 heavy (non-hydrogen) atoms. The highest BCUT2D eigenvalue weighted by atomic mass is 19.1. The summed E-state index contributed by atoms with van der Waals surface area (Å²) < 4.78 is 61.5. The number of H-pyrrole nitrogens is 1. The molecule has 0 aliphatic carbocycles. The summed E-state index contributed by atoms with van der Waals surface area (Å²) in [6.45, 7) is 10.6. The molecule has 20 heteroatoms. The van der Waals surface area contributed by atoms with Gasteiger partial charge in [0, 0.05) is 95.0 Å². The molecule has 0 radical (unpaired) electrons. The number of aliphatic hydroxyl groups is 1. The number of amides is 1. The molecular formula is C55H63F3N10O7. The van der Waals surface area contributed by atoms with Crippen LogP contribution >= 0.6 is 0 Å². The number of nitrogens with zero attached hydrogens (tertiary/aromatic N) is 9. The van der Waals surface area contributed by atoms with Crippen molar-refractivity contribution in [2.45, 2.75) is 88.8 Å². The van der Waals surface area contributed by atoms with Crippen LogP contribution < -0.4 is 25.8 Å². The predicted octanol–water partition coefficient (Wildman–Crippen LogP) is 6.77. The second-order valence-electron chi connectivity index (χ2n) is 21.4. The zero-order valence-corrected chi connectivity index (χ0v) is 42.4. The molecule has 5 fully saturated rings. The largest absolute Gasteiger partial charge is 0.508 e. The molecule has 0 bridgehead atoms. The SMILES string of the molecule is CCc1c(F)ccc2cc(O)cc(-c3ncc4c(N5CCC[C@@](C)(O)C5)nc(OCC56CCCN5C(COC(=O)N5CCN(CC7CCN(c8ccc(-n9ccc(=O)[nH]c9=O)cc8F)CC7)CC5)CC6)nc4c3F)c12. The van der Waals surface area contributed by atoms with Gasteiger partial charge in [0.1, 0.15) is 47.6 Å². The number of aromatic amines is 1. The minimum atomic E-state index is -1.01. The van der Waals surface area contributed by atoms with E-state index in [-0.39, 0.29) is 66.0 Å². The van der Waals surface area contributed by atoms with Gasteiger partial charge in [0.2, 0.25) is 0 Å². The fraction of sp³-hybridized carbons (Fsp3) is 0.491. The van der Waals surface area contributed by atoms with Crippen molar-refractivity contribution < 1.29 is 37.7 Å². The average molecular weight is 1030 g/mol. The molecule has 5 aliphatic rings. The zero-order valence-electron chi connectivity index (χ0n) is 42.4. The number of rotatable bonds is 12. The molecule has 5 aliphatic heterocycles. The van der Waals surface area contributed by atoms with Crippen molar-refractivity contribution >= 4 is 39.3 Å². The van der Waals surface area contributed by atoms with E-state index < -0.39 is 34.3 Å². The number of phenols is 1. The molecule has 396 valence electrons. The van der Waals surface area contributed by atoms with Crippen LogP contribution in [-0.4, -0.2) is 151 Å². The summed E-state index contributed by atoms with van der Waals surface area (Å²) >= 11 is 0. The number of nitrogens with one attached hydrogen (secondary N) is 1. The van der Waals surface area contributed by atoms with Gasteiger partial charge in [0.25, 0.3) is 5.56 Å². The molecule has 3 aromatic heterocycles. The number of carbonyl (C=O) groups excluding carboxylic acids is 1. The van der Waals surface area contributed by atoms with Gasteiger partial charge in [-0.3, -0.25) is 29.1 Å². The van der Waals surface area contributed by atoms with E-state index in [1.165, 1.54) is 47.3 Å². The Morgan fingerprint density at radius 3 is 2.44 bits per heavy atom. The van der Waals surface area contributed by atoms with Crippen molar-refractivity contribution in [3.63, 3.8) is 0 Å². The van der Waals surface area contributed by atoms with Crippen LogP contribution in [0.15, 0.2) is 70.5 Å². The van der Waals surface area contributed by atoms with Gasteiger partial charge in [-0.05, 0) is 124 Å². The summed E-state index contributed by atoms with van der Waals surface area (Å²) in [4.78, 5) is 64.0. The van der Waals surface area contributed by atoms with Gasteiger partial charge >= 0.3 is 17.8 Å². The number of hydrogen-bond acceptors (Lipinski definition) is 14. The fourth-order valence-corrected chi connectivity index (χ4v) is 12.6. The second kappa shape index (κ2) is 20.4. The number of anilines is 2. The maximum Gasteiger partial charge on any atom is 0.409 e. The summed E-state index contributed by atoms with van der Waals surface area (Å²) in [6.07, 6.45) is 9.29. The lowest BCUT2D eigenvalue weighted by atomic mass is 9.94. The Morgan fingerprint density at radius 1 is 0.880 bits per heavy atom. The van der Waals surface area contributed by atoms with Crippen LogP contribution in [0.5, 0.6) is 11.8 Å². The van der Waals surface area contributed by atoms with E-state index in [0.717, 1.165) is 64.7 Å². The number of benzene rings is 3. The number of phenolic OH excluding ortho intramolecular Hbond substituents is 1. The molecule has 0 saturated carbocycles. The van der Waals surface area contributed by atoms with Crippen LogP contribution in [0.2, 0.25) is 0 Å². The van der Waals surface area contributed by atoms with Crippen molar-refractivity contribution in [1.29, 1.82) is 0 Å². The molecule has 3 N–H and O–H groups in total. The van der Waals surface area contributed by atoms with Gasteiger partial charge in [0.15, 0.2) is 5.82 Å². The van der Waals surface area contributed by atoms with Crippen molar-refractivity contribution in [3.8, 4) is 28.7 Å². The summed E-state index contributed by atoms with van der Waals surface area (Å²) in [6, 6.07) is 11.7. The normalized spacial score (nSPS) is 22.9. The minimum Gasteiger partial charge on any atom is -0.508 e. The van der Waals surface area contributed by atoms with E-state index in [1.807, 2.05) is 16.7 Å². The number of aromatic hydroxyl groups is 1. The monoisotopic (exact) mass is 1030 g/mol. The number of halogens is 3. The molecule has 0 spiro atoms. The highest BCUT2D eigenvalue weighted by Gasteiger charge is 2.50. The number of aryl methyl sites for hydroxylation is 1. The Hall–Kier alpha value is -6.77. The Morgan fingerprint density at radius 2 is 1.68 bits per heavy atom. The molecular weight excluding hydrogens is 970 g/mol. The highest BCUT2D eigenvalue weighted by Crippen LogP contribution is 2.44. The predicted molar refractivity (Wildman–Crippen MR) is 277 cm³/mol. The van der Waals surface area contributed by atoms with Gasteiger partial charge < -0.3 is 34.4 Å². The molecule has 3 aromatic carbocycles. The highest BCUT2D eigenvalue weighted by molar-refractivity contribution is 6.01. The fourth-order valence-electron chi connectivity index (χ4n) is 12.6. The Labute approximate surface area is 431 Å². The molecule has 3 atom stereocenters. The smallest absolute Gasteiger partial charge is 0.409 e. The summed E-state index contributed by atoms with van der Waals surface area (Å²) in [7, 11) is 0. The zero-order chi connectivity index (χ0) is 52.2. The summed E-state index contributed by atoms with van der Waals surface area (Å²) in [5.41, 5.74) is -1.22. The van der Waals surface area contributed by atoms with Crippen molar-refractivity contribution in [1.82, 2.24) is 39.2 Å². The van der Waals surface area contributed by atoms with E-state index in [2.05, 4.69) is 24.8 Å². The molecule has 11 rings (SSSR count). The lowest BCUT2D eigenvalue weighted by Gasteiger charge is -2.39. The topological polar surface area (TPSA) is 186 Å². The van der Waals surface area contributed by atoms with Gasteiger partial charge in [0.05, 0.1) is 27.9 Å². The number of fused-ring (bicyclic) bond motifs is 3. The number of aromatic nitrogens is 5. The number of ether oxygens (including phenoxy) is 2. The van der Waals surface area contributed by atoms with E-state index >= 15 is 13.2 Å². The Balaban J connectivity index is 0.713. The van der Waals surface area contributed by atoms with E-state index in [9.17, 15) is 24.6 Å². The number of β-amino-alcohol motifs (C(OH)–C–C–N with tert-alkyl or cyclic N) is 1. The van der Waals surface area contributed by atoms with Gasteiger partial charge in [-0.15, -0.1) is 0 Å². The minimum absolute atomic E-state index is 0.0106. The van der Waals surface area contributed by atoms with Crippen molar-refractivity contribution in [2.24, 2.45) is 5.92 Å². The van der Waals surface area contributed by atoms with Crippen LogP contribution in [0.3, 0.4) is 0 Å². The lowest BCUT2D eigenvalue weighted by Crippen LogP contribution is -2.51. The average Bonchev–Trinajstić information content (AvgIpc) is 3.99.